The molecule has 3 rings (SSSR count). The summed E-state index contributed by atoms with van der Waals surface area (Å²) in [7, 11) is 0. The van der Waals surface area contributed by atoms with Crippen molar-refractivity contribution in [2.75, 3.05) is 6.54 Å². The molecule has 2 aromatic rings. The fourth-order valence-electron chi connectivity index (χ4n) is 2.53. The molecule has 2 heterocycles. The van der Waals surface area contributed by atoms with Crippen molar-refractivity contribution in [3.05, 3.63) is 36.3 Å². The first kappa shape index (κ1) is 9.91. The van der Waals surface area contributed by atoms with Crippen molar-refractivity contribution in [2.24, 2.45) is 0 Å². The van der Waals surface area contributed by atoms with E-state index in [-0.39, 0.29) is 0 Å². The van der Waals surface area contributed by atoms with Gasteiger partial charge < -0.3 is 9.73 Å². The molecule has 1 aliphatic rings. The quantitative estimate of drug-likeness (QED) is 0.832. The summed E-state index contributed by atoms with van der Waals surface area (Å²) in [6, 6.07) is 8.99. The molecule has 84 valence electrons. The average molecular weight is 215 g/mol. The molecule has 0 spiro atoms. The minimum Gasteiger partial charge on any atom is -0.468 e. The summed E-state index contributed by atoms with van der Waals surface area (Å²) < 4.78 is 5.68. The van der Waals surface area contributed by atoms with Gasteiger partial charge in [0, 0.05) is 23.2 Å². The van der Waals surface area contributed by atoms with Crippen LogP contribution in [0.15, 0.2) is 34.9 Å². The Hall–Kier alpha value is -1.28. The lowest BCUT2D eigenvalue weighted by atomic mass is 9.99. The first-order chi connectivity index (χ1) is 7.93. The molecule has 0 bridgehead atoms. The fraction of sp³-hybridized carbons (Fsp3) is 0.429. The molecule has 1 atom stereocenters. The van der Waals surface area contributed by atoms with Crippen LogP contribution in [0.5, 0.6) is 0 Å². The Morgan fingerprint density at radius 1 is 1.25 bits per heavy atom. The molecular formula is C14H17NO. The van der Waals surface area contributed by atoms with Crippen molar-refractivity contribution in [2.45, 2.75) is 31.7 Å². The molecule has 1 aromatic heterocycles. The monoisotopic (exact) mass is 215 g/mol. The Kier molecular flexibility index (Phi) is 2.66. The predicted octanol–water partition coefficient (Wildman–Crippen LogP) is 3.12. The SMILES string of the molecule is c1ccc2c(C[C@@H]3CCCCN3)occ2c1. The maximum Gasteiger partial charge on any atom is 0.113 e. The molecule has 1 N–H and O–H groups in total. The molecule has 16 heavy (non-hydrogen) atoms. The average Bonchev–Trinajstić information content (AvgIpc) is 2.74. The number of piperidine rings is 1. The van der Waals surface area contributed by atoms with E-state index in [1.807, 2.05) is 6.26 Å². The maximum absolute atomic E-state index is 5.68. The van der Waals surface area contributed by atoms with Crippen LogP contribution < -0.4 is 5.32 Å². The summed E-state index contributed by atoms with van der Waals surface area (Å²) in [4.78, 5) is 0. The van der Waals surface area contributed by atoms with Gasteiger partial charge in [-0.1, -0.05) is 30.7 Å². The van der Waals surface area contributed by atoms with Gasteiger partial charge >= 0.3 is 0 Å². The van der Waals surface area contributed by atoms with Crippen molar-refractivity contribution in [1.29, 1.82) is 0 Å². The molecule has 0 saturated carbocycles. The van der Waals surface area contributed by atoms with Crippen molar-refractivity contribution in [3.63, 3.8) is 0 Å². The molecule has 2 nitrogen and oxygen atoms in total. The van der Waals surface area contributed by atoms with Gasteiger partial charge in [-0.25, -0.2) is 0 Å². The number of hydrogen-bond acceptors (Lipinski definition) is 2. The molecule has 1 aliphatic heterocycles. The minimum atomic E-state index is 0.600. The van der Waals surface area contributed by atoms with E-state index >= 15 is 0 Å². The summed E-state index contributed by atoms with van der Waals surface area (Å²) >= 11 is 0. The molecule has 0 unspecified atom stereocenters. The Labute approximate surface area is 95.6 Å². The lowest BCUT2D eigenvalue weighted by Gasteiger charge is -2.22. The minimum absolute atomic E-state index is 0.600. The highest BCUT2D eigenvalue weighted by atomic mass is 16.3. The lowest BCUT2D eigenvalue weighted by Crippen LogP contribution is -2.35. The van der Waals surface area contributed by atoms with Crippen LogP contribution in [-0.2, 0) is 6.42 Å². The van der Waals surface area contributed by atoms with Crippen LogP contribution in [0.25, 0.3) is 10.8 Å². The normalized spacial score (nSPS) is 21.4. The van der Waals surface area contributed by atoms with Crippen LogP contribution in [-0.4, -0.2) is 12.6 Å². The fourth-order valence-corrected chi connectivity index (χ4v) is 2.53. The van der Waals surface area contributed by atoms with E-state index < -0.39 is 0 Å². The highest BCUT2D eigenvalue weighted by Gasteiger charge is 2.16. The summed E-state index contributed by atoms with van der Waals surface area (Å²) in [5.41, 5.74) is 0. The van der Waals surface area contributed by atoms with Gasteiger partial charge in [-0.2, -0.15) is 0 Å². The number of furan rings is 1. The van der Waals surface area contributed by atoms with E-state index in [4.69, 9.17) is 4.42 Å². The van der Waals surface area contributed by atoms with Crippen molar-refractivity contribution < 1.29 is 4.42 Å². The summed E-state index contributed by atoms with van der Waals surface area (Å²) in [5.74, 6) is 1.13. The molecule has 0 amide bonds. The second-order valence-electron chi connectivity index (χ2n) is 4.60. The number of rotatable bonds is 2. The van der Waals surface area contributed by atoms with Gasteiger partial charge in [0.1, 0.15) is 5.76 Å². The van der Waals surface area contributed by atoms with Crippen LogP contribution >= 0.6 is 0 Å². The number of hydrogen-bond donors (Lipinski definition) is 1. The largest absolute Gasteiger partial charge is 0.468 e. The number of fused-ring (bicyclic) bond motifs is 1. The molecule has 1 saturated heterocycles. The summed E-state index contributed by atoms with van der Waals surface area (Å²) in [5, 5.41) is 6.05. The highest BCUT2D eigenvalue weighted by molar-refractivity contribution is 5.83. The van der Waals surface area contributed by atoms with Crippen LogP contribution in [0.4, 0.5) is 0 Å². The van der Waals surface area contributed by atoms with Crippen LogP contribution in [0.3, 0.4) is 0 Å². The zero-order chi connectivity index (χ0) is 10.8. The first-order valence-electron chi connectivity index (χ1n) is 6.12. The third-order valence-corrected chi connectivity index (χ3v) is 3.43. The van der Waals surface area contributed by atoms with Gasteiger partial charge in [-0.05, 0) is 19.4 Å². The van der Waals surface area contributed by atoms with E-state index in [9.17, 15) is 0 Å². The summed E-state index contributed by atoms with van der Waals surface area (Å²) in [6.07, 6.45) is 6.82. The van der Waals surface area contributed by atoms with Crippen molar-refractivity contribution >= 4 is 10.8 Å². The molecule has 2 heteroatoms. The number of benzene rings is 1. The Bertz CT molecular complexity index is 468. The zero-order valence-corrected chi connectivity index (χ0v) is 9.41. The van der Waals surface area contributed by atoms with Crippen molar-refractivity contribution in [3.8, 4) is 0 Å². The Balaban J connectivity index is 1.83. The Morgan fingerprint density at radius 3 is 3.06 bits per heavy atom. The van der Waals surface area contributed by atoms with Crippen molar-refractivity contribution in [1.82, 2.24) is 5.32 Å². The molecule has 1 aromatic carbocycles. The molecule has 0 radical (unpaired) electrons. The lowest BCUT2D eigenvalue weighted by molar-refractivity contribution is 0.375. The smallest absolute Gasteiger partial charge is 0.113 e. The van der Waals surface area contributed by atoms with Gasteiger partial charge in [0.25, 0.3) is 0 Å². The zero-order valence-electron chi connectivity index (χ0n) is 9.41. The van der Waals surface area contributed by atoms with Crippen LogP contribution in [0.1, 0.15) is 25.0 Å². The first-order valence-corrected chi connectivity index (χ1v) is 6.12. The Morgan fingerprint density at radius 2 is 2.19 bits per heavy atom. The highest BCUT2D eigenvalue weighted by Crippen LogP contribution is 2.23. The third kappa shape index (κ3) is 1.85. The van der Waals surface area contributed by atoms with Gasteiger partial charge in [-0.3, -0.25) is 0 Å². The third-order valence-electron chi connectivity index (χ3n) is 3.43. The second kappa shape index (κ2) is 4.30. The van der Waals surface area contributed by atoms with E-state index in [1.165, 1.54) is 30.0 Å². The maximum atomic E-state index is 5.68. The standard InChI is InChI=1S/C14H17NO/c1-2-7-13-11(5-1)10-16-14(13)9-12-6-3-4-8-15-12/h1-2,5,7,10,12,15H,3-4,6,8-9H2/t12-/m0/s1. The molecule has 0 aliphatic carbocycles. The van der Waals surface area contributed by atoms with Crippen LogP contribution in [0, 0.1) is 0 Å². The topological polar surface area (TPSA) is 25.2 Å². The number of nitrogens with one attached hydrogen (secondary N) is 1. The van der Waals surface area contributed by atoms with Crippen LogP contribution in [0.2, 0.25) is 0 Å². The van der Waals surface area contributed by atoms with E-state index in [1.54, 1.807) is 0 Å². The van der Waals surface area contributed by atoms with Gasteiger partial charge in [0.05, 0.1) is 6.26 Å². The van der Waals surface area contributed by atoms with E-state index in [0.29, 0.717) is 6.04 Å². The predicted molar refractivity (Wildman–Crippen MR) is 65.6 cm³/mol. The van der Waals surface area contributed by atoms with E-state index in [2.05, 4.69) is 29.6 Å². The van der Waals surface area contributed by atoms with Gasteiger partial charge in [0.2, 0.25) is 0 Å². The summed E-state index contributed by atoms with van der Waals surface area (Å²) in [6.45, 7) is 1.16. The molecular weight excluding hydrogens is 198 g/mol. The van der Waals surface area contributed by atoms with E-state index in [0.717, 1.165) is 18.7 Å². The second-order valence-corrected chi connectivity index (χ2v) is 4.60. The van der Waals surface area contributed by atoms with Gasteiger partial charge in [-0.15, -0.1) is 0 Å². The molecule has 1 fully saturated rings. The van der Waals surface area contributed by atoms with Gasteiger partial charge in [0.15, 0.2) is 0 Å².